The van der Waals surface area contributed by atoms with Gasteiger partial charge in [-0.05, 0) is 101 Å². The number of carbonyl (C=O) groups is 1. The summed E-state index contributed by atoms with van der Waals surface area (Å²) in [6, 6.07) is 10.8. The highest BCUT2D eigenvalue weighted by Gasteiger charge is 2.45. The maximum Gasteiger partial charge on any atom is 0.410 e. The first-order chi connectivity index (χ1) is 25.1. The third-order valence-corrected chi connectivity index (χ3v) is 11.2. The van der Waals surface area contributed by atoms with Crippen molar-refractivity contribution < 1.29 is 28.1 Å². The van der Waals surface area contributed by atoms with E-state index in [1.165, 1.54) is 19.3 Å². The molecule has 0 spiro atoms. The number of piperazine rings is 1. The monoisotopic (exact) mass is 712 g/mol. The summed E-state index contributed by atoms with van der Waals surface area (Å²) >= 11 is 0. The molecule has 4 saturated heterocycles. The number of amides is 1. The van der Waals surface area contributed by atoms with Crippen LogP contribution in [-0.2, 0) is 15.9 Å². The molecule has 1 amide bonds. The first-order valence-corrected chi connectivity index (χ1v) is 18.8. The van der Waals surface area contributed by atoms with Crippen LogP contribution >= 0.6 is 0 Å². The summed E-state index contributed by atoms with van der Waals surface area (Å²) in [6.07, 6.45) is 8.56. The largest absolute Gasteiger partial charge is 0.468 e. The Bertz CT molecular complexity index is 1970. The molecular weight excluding hydrogens is 663 g/mol. The van der Waals surface area contributed by atoms with Gasteiger partial charge >= 0.3 is 12.1 Å². The number of halogens is 1. The molecule has 0 N–H and O–H groups in total. The Morgan fingerprint density at radius 3 is 2.54 bits per heavy atom. The molecule has 52 heavy (non-hydrogen) atoms. The number of pyridine rings is 1. The first kappa shape index (κ1) is 34.8. The molecule has 4 fully saturated rings. The minimum Gasteiger partial charge on any atom is -0.468 e. The second-order valence-corrected chi connectivity index (χ2v) is 15.7. The fraction of sp³-hybridized carbons (Fsp3) is 0.550. The Morgan fingerprint density at radius 1 is 1.00 bits per heavy atom. The van der Waals surface area contributed by atoms with Crippen molar-refractivity contribution >= 4 is 33.6 Å². The highest BCUT2D eigenvalue weighted by Crippen LogP contribution is 2.41. The molecule has 6 heterocycles. The number of aromatic nitrogens is 3. The zero-order valence-corrected chi connectivity index (χ0v) is 30.9. The summed E-state index contributed by atoms with van der Waals surface area (Å²) < 4.78 is 40.5. The van der Waals surface area contributed by atoms with Crippen LogP contribution in [0.15, 0.2) is 36.5 Å². The lowest BCUT2D eigenvalue weighted by molar-refractivity contribution is 0.0122. The van der Waals surface area contributed by atoms with Crippen molar-refractivity contribution in [3.63, 3.8) is 0 Å². The van der Waals surface area contributed by atoms with Crippen LogP contribution in [0.1, 0.15) is 71.8 Å². The van der Waals surface area contributed by atoms with Gasteiger partial charge in [0.05, 0.1) is 17.5 Å². The van der Waals surface area contributed by atoms with E-state index in [1.807, 2.05) is 49.9 Å². The third kappa shape index (κ3) is 6.48. The maximum atomic E-state index is 17.3. The van der Waals surface area contributed by atoms with Crippen LogP contribution in [0.5, 0.6) is 11.8 Å². The van der Waals surface area contributed by atoms with Crippen LogP contribution in [0.25, 0.3) is 32.9 Å². The average molecular weight is 713 g/mol. The van der Waals surface area contributed by atoms with Crippen molar-refractivity contribution in [2.45, 2.75) is 102 Å². The normalized spacial score (nSPS) is 23.1. The van der Waals surface area contributed by atoms with E-state index < -0.39 is 11.4 Å². The van der Waals surface area contributed by atoms with Gasteiger partial charge in [-0.15, -0.1) is 0 Å². The molecule has 2 aromatic heterocycles. The maximum absolute atomic E-state index is 17.3. The van der Waals surface area contributed by atoms with Gasteiger partial charge in [0.2, 0.25) is 0 Å². The number of ether oxygens (including phenoxy) is 4. The van der Waals surface area contributed by atoms with Gasteiger partial charge in [-0.3, -0.25) is 14.8 Å². The molecule has 2 bridgehead atoms. The van der Waals surface area contributed by atoms with Gasteiger partial charge in [0.25, 0.3) is 0 Å². The van der Waals surface area contributed by atoms with E-state index in [0.29, 0.717) is 48.3 Å². The van der Waals surface area contributed by atoms with E-state index in [2.05, 4.69) is 22.8 Å². The number of aryl methyl sites for hydroxylation is 1. The molecule has 0 saturated carbocycles. The van der Waals surface area contributed by atoms with E-state index in [-0.39, 0.29) is 48.2 Å². The van der Waals surface area contributed by atoms with E-state index in [4.69, 9.17) is 33.9 Å². The lowest BCUT2D eigenvalue weighted by atomic mass is 9.95. The minimum atomic E-state index is -0.587. The Kier molecular flexibility index (Phi) is 9.31. The van der Waals surface area contributed by atoms with Crippen molar-refractivity contribution in [1.82, 2.24) is 24.8 Å². The van der Waals surface area contributed by atoms with Gasteiger partial charge in [-0.25, -0.2) is 9.18 Å². The summed E-state index contributed by atoms with van der Waals surface area (Å²) in [7, 11) is 1.57. The molecule has 8 rings (SSSR count). The third-order valence-electron chi connectivity index (χ3n) is 11.2. The number of fused-ring (bicyclic) bond motifs is 5. The number of nitrogens with zero attached hydrogens (tertiary/aromatic N) is 6. The smallest absolute Gasteiger partial charge is 0.410 e. The molecule has 276 valence electrons. The molecule has 4 aromatic rings. The molecular formula is C40H49FN6O5. The van der Waals surface area contributed by atoms with Crippen LogP contribution in [-0.4, -0.2) is 101 Å². The lowest BCUT2D eigenvalue weighted by Gasteiger charge is -2.42. The fourth-order valence-electron chi connectivity index (χ4n) is 8.92. The molecule has 2 aromatic carbocycles. The Balaban J connectivity index is 1.21. The fourth-order valence-corrected chi connectivity index (χ4v) is 8.92. The molecule has 4 aliphatic rings. The van der Waals surface area contributed by atoms with Crippen molar-refractivity contribution in [2.24, 2.45) is 0 Å². The Labute approximate surface area is 304 Å². The van der Waals surface area contributed by atoms with Crippen LogP contribution < -0.4 is 14.4 Å². The topological polar surface area (TPSA) is 102 Å². The Morgan fingerprint density at radius 2 is 1.79 bits per heavy atom. The predicted octanol–water partition coefficient (Wildman–Crippen LogP) is 7.12. The van der Waals surface area contributed by atoms with Gasteiger partial charge in [0.15, 0.2) is 12.6 Å². The highest BCUT2D eigenvalue weighted by atomic mass is 19.1. The van der Waals surface area contributed by atoms with Gasteiger partial charge in [-0.1, -0.05) is 25.1 Å². The van der Waals surface area contributed by atoms with Crippen LogP contribution in [0, 0.1) is 5.82 Å². The van der Waals surface area contributed by atoms with E-state index in [0.717, 1.165) is 48.6 Å². The van der Waals surface area contributed by atoms with E-state index in [1.54, 1.807) is 13.3 Å². The highest BCUT2D eigenvalue weighted by molar-refractivity contribution is 6.01. The number of benzene rings is 2. The van der Waals surface area contributed by atoms with Gasteiger partial charge in [-0.2, -0.15) is 9.97 Å². The predicted molar refractivity (Wildman–Crippen MR) is 197 cm³/mol. The summed E-state index contributed by atoms with van der Waals surface area (Å²) in [5.41, 5.74) is 1.45. The standard InChI is InChI=1S/C40H49FN6O5/c1-6-24-9-7-10-25-17-30(51-23-49-5)18-31(33(24)25)35-34(41)36-32(19-42-35)37(44-38(43-36)50-22-29-15-12-26-11-8-16-46(26)29)45-20-27-13-14-28(21-45)47(27)39(48)52-40(2,3)4/h7,9-10,17-19,26-29H,6,8,11-16,20-23H2,1-5H3/t26?,27?,28?,29-/m0/s1. The van der Waals surface area contributed by atoms with E-state index >= 15 is 4.39 Å². The van der Waals surface area contributed by atoms with Crippen molar-refractivity contribution in [1.29, 1.82) is 0 Å². The number of rotatable bonds is 9. The molecule has 0 radical (unpaired) electrons. The summed E-state index contributed by atoms with van der Waals surface area (Å²) in [4.78, 5) is 34.4. The molecule has 3 unspecified atom stereocenters. The van der Waals surface area contributed by atoms with Crippen LogP contribution in [0.4, 0.5) is 15.0 Å². The zero-order valence-electron chi connectivity index (χ0n) is 30.9. The number of carbonyl (C=O) groups excluding carboxylic acids is 1. The van der Waals surface area contributed by atoms with Gasteiger partial charge < -0.3 is 23.8 Å². The second kappa shape index (κ2) is 13.9. The average Bonchev–Trinajstić information content (AvgIpc) is 3.82. The molecule has 4 atom stereocenters. The molecule has 0 aliphatic carbocycles. The SMILES string of the molecule is CCc1cccc2cc(OCOC)cc(-c3ncc4c(N5CC6CCC(C5)N6C(=O)OC(C)(C)C)nc(OC[C@@H]5CCC6CCCN65)nc4c3F)c12. The number of anilines is 1. The van der Waals surface area contributed by atoms with E-state index in [9.17, 15) is 4.79 Å². The van der Waals surface area contributed by atoms with Crippen molar-refractivity contribution in [2.75, 3.05) is 45.0 Å². The summed E-state index contributed by atoms with van der Waals surface area (Å²) in [6.45, 7) is 10.4. The Hall–Kier alpha value is -4.29. The zero-order chi connectivity index (χ0) is 36.1. The van der Waals surface area contributed by atoms with Gasteiger partial charge in [0, 0.05) is 44.0 Å². The van der Waals surface area contributed by atoms with Gasteiger partial charge in [0.1, 0.15) is 35.0 Å². The van der Waals surface area contributed by atoms with Crippen LogP contribution in [0.2, 0.25) is 0 Å². The second-order valence-electron chi connectivity index (χ2n) is 15.7. The first-order valence-electron chi connectivity index (χ1n) is 18.8. The summed E-state index contributed by atoms with van der Waals surface area (Å²) in [5, 5.41) is 2.35. The van der Waals surface area contributed by atoms with Crippen molar-refractivity contribution in [3.8, 4) is 23.0 Å². The molecule has 12 heteroatoms. The lowest BCUT2D eigenvalue weighted by Crippen LogP contribution is -2.57. The molecule has 11 nitrogen and oxygen atoms in total. The number of hydrogen-bond acceptors (Lipinski definition) is 10. The molecule has 4 aliphatic heterocycles. The van der Waals surface area contributed by atoms with Crippen LogP contribution in [0.3, 0.4) is 0 Å². The van der Waals surface area contributed by atoms with Crippen molar-refractivity contribution in [3.05, 3.63) is 47.9 Å². The quantitative estimate of drug-likeness (QED) is 0.167. The summed E-state index contributed by atoms with van der Waals surface area (Å²) in [5.74, 6) is 0.583. The number of methoxy groups -OCH3 is 1. The number of hydrogen-bond donors (Lipinski definition) is 0. The minimum absolute atomic E-state index is 0.0562.